The van der Waals surface area contributed by atoms with E-state index in [2.05, 4.69) is 10.3 Å². The Bertz CT molecular complexity index is 950. The smallest absolute Gasteiger partial charge is 0.262 e. The largest absolute Gasteiger partial charge is 0.355 e. The van der Waals surface area contributed by atoms with Crippen molar-refractivity contribution in [1.29, 1.82) is 0 Å². The Morgan fingerprint density at radius 1 is 1.31 bits per heavy atom. The molecule has 0 saturated heterocycles. The zero-order valence-electron chi connectivity index (χ0n) is 14.4. The molecule has 0 fully saturated rings. The zero-order chi connectivity index (χ0) is 17.8. The highest BCUT2D eigenvalue weighted by molar-refractivity contribution is 7.17. The minimum absolute atomic E-state index is 0. The molecule has 0 aliphatic rings. The Morgan fingerprint density at radius 3 is 2.73 bits per heavy atom. The second-order valence-corrected chi connectivity index (χ2v) is 6.69. The quantitative estimate of drug-likeness (QED) is 0.673. The molecule has 1 aromatic carbocycles. The molecular weight excluding hydrogens is 372 g/mol. The van der Waals surface area contributed by atoms with Crippen LogP contribution in [0.1, 0.15) is 12.0 Å². The fourth-order valence-corrected chi connectivity index (χ4v) is 3.50. The fraction of sp³-hybridized carbons (Fsp3) is 0.278. The van der Waals surface area contributed by atoms with Crippen LogP contribution in [0.4, 0.5) is 0 Å². The van der Waals surface area contributed by atoms with Crippen LogP contribution in [0.15, 0.2) is 40.8 Å². The number of aryl methyl sites for hydroxylation is 2. The molecule has 0 radical (unpaired) electrons. The van der Waals surface area contributed by atoms with Gasteiger partial charge in [0.15, 0.2) is 0 Å². The Labute approximate surface area is 161 Å². The van der Waals surface area contributed by atoms with Gasteiger partial charge >= 0.3 is 0 Å². The van der Waals surface area contributed by atoms with E-state index in [4.69, 9.17) is 5.73 Å². The number of amides is 1. The lowest BCUT2D eigenvalue weighted by Crippen LogP contribution is -2.31. The van der Waals surface area contributed by atoms with Crippen molar-refractivity contribution in [2.45, 2.75) is 19.9 Å². The van der Waals surface area contributed by atoms with Gasteiger partial charge in [0.05, 0.1) is 11.7 Å². The summed E-state index contributed by atoms with van der Waals surface area (Å²) in [6.07, 6.45) is 1.73. The molecule has 0 spiro atoms. The summed E-state index contributed by atoms with van der Waals surface area (Å²) in [6.45, 7) is 3.16. The number of carbonyl (C=O) groups is 1. The van der Waals surface area contributed by atoms with Gasteiger partial charge in [0.25, 0.3) is 5.56 Å². The van der Waals surface area contributed by atoms with Crippen molar-refractivity contribution in [3.05, 3.63) is 51.9 Å². The van der Waals surface area contributed by atoms with Crippen LogP contribution in [0.25, 0.3) is 21.3 Å². The van der Waals surface area contributed by atoms with Gasteiger partial charge in [-0.05, 0) is 12.5 Å². The number of hydrogen-bond donors (Lipinski definition) is 2. The molecule has 0 saturated carbocycles. The molecule has 0 aliphatic heterocycles. The lowest BCUT2D eigenvalue weighted by atomic mass is 10.1. The summed E-state index contributed by atoms with van der Waals surface area (Å²) in [7, 11) is 0. The van der Waals surface area contributed by atoms with Crippen LogP contribution in [-0.2, 0) is 11.3 Å². The predicted molar refractivity (Wildman–Crippen MR) is 108 cm³/mol. The SMILES string of the molecule is Cc1ccc(-c2csc3ncn(CCC(=O)NCCN)c(=O)c23)cc1.Cl. The molecule has 0 unspecified atom stereocenters. The second kappa shape index (κ2) is 8.93. The molecule has 0 bridgehead atoms. The lowest BCUT2D eigenvalue weighted by molar-refractivity contribution is -0.121. The summed E-state index contributed by atoms with van der Waals surface area (Å²) >= 11 is 1.45. The van der Waals surface area contributed by atoms with Crippen LogP contribution in [0.3, 0.4) is 0 Å². The molecule has 3 N–H and O–H groups in total. The molecule has 2 heterocycles. The van der Waals surface area contributed by atoms with Crippen molar-refractivity contribution < 1.29 is 4.79 Å². The molecule has 3 aromatic rings. The third kappa shape index (κ3) is 4.30. The van der Waals surface area contributed by atoms with Gasteiger partial charge in [0, 0.05) is 37.0 Å². The van der Waals surface area contributed by atoms with Gasteiger partial charge in [0.2, 0.25) is 5.91 Å². The Hall–Kier alpha value is -2.22. The number of halogens is 1. The van der Waals surface area contributed by atoms with E-state index in [-0.39, 0.29) is 30.3 Å². The van der Waals surface area contributed by atoms with Gasteiger partial charge in [-0.2, -0.15) is 0 Å². The van der Waals surface area contributed by atoms with E-state index < -0.39 is 0 Å². The molecule has 3 rings (SSSR count). The van der Waals surface area contributed by atoms with Gasteiger partial charge < -0.3 is 11.1 Å². The number of hydrogen-bond acceptors (Lipinski definition) is 5. The van der Waals surface area contributed by atoms with E-state index in [1.54, 1.807) is 0 Å². The normalized spacial score (nSPS) is 10.5. The number of aromatic nitrogens is 2. The number of nitrogens with zero attached hydrogens (tertiary/aromatic N) is 2. The molecule has 8 heteroatoms. The van der Waals surface area contributed by atoms with Gasteiger partial charge in [-0.3, -0.25) is 14.2 Å². The van der Waals surface area contributed by atoms with E-state index in [0.29, 0.717) is 29.9 Å². The van der Waals surface area contributed by atoms with Crippen molar-refractivity contribution in [1.82, 2.24) is 14.9 Å². The van der Waals surface area contributed by atoms with Crippen LogP contribution in [-0.4, -0.2) is 28.5 Å². The molecular formula is C18H21ClN4O2S. The third-order valence-corrected chi connectivity index (χ3v) is 4.86. The Morgan fingerprint density at radius 2 is 2.04 bits per heavy atom. The number of nitrogens with two attached hydrogens (primary N) is 1. The maximum absolute atomic E-state index is 12.9. The van der Waals surface area contributed by atoms with Gasteiger partial charge in [-0.15, -0.1) is 23.7 Å². The summed E-state index contributed by atoms with van der Waals surface area (Å²) < 4.78 is 1.49. The first kappa shape index (κ1) is 20.1. The molecule has 6 nitrogen and oxygen atoms in total. The monoisotopic (exact) mass is 392 g/mol. The molecule has 2 aromatic heterocycles. The third-order valence-electron chi connectivity index (χ3n) is 3.97. The minimum Gasteiger partial charge on any atom is -0.355 e. The maximum atomic E-state index is 12.9. The van der Waals surface area contributed by atoms with Crippen molar-refractivity contribution in [2.75, 3.05) is 13.1 Å². The molecule has 138 valence electrons. The van der Waals surface area contributed by atoms with Crippen molar-refractivity contribution in [3.63, 3.8) is 0 Å². The Balaban J connectivity index is 0.00000243. The lowest BCUT2D eigenvalue weighted by Gasteiger charge is -2.07. The second-order valence-electron chi connectivity index (χ2n) is 5.83. The summed E-state index contributed by atoms with van der Waals surface area (Å²) in [4.78, 5) is 29.7. The zero-order valence-corrected chi connectivity index (χ0v) is 16.0. The van der Waals surface area contributed by atoms with Crippen LogP contribution in [0, 0.1) is 6.92 Å². The number of thiophene rings is 1. The number of carbonyl (C=O) groups excluding carboxylic acids is 1. The Kier molecular flexibility index (Phi) is 6.90. The number of nitrogens with one attached hydrogen (secondary N) is 1. The minimum atomic E-state index is -0.124. The van der Waals surface area contributed by atoms with Crippen molar-refractivity contribution >= 4 is 39.9 Å². The summed E-state index contributed by atoms with van der Waals surface area (Å²) in [5, 5.41) is 5.27. The van der Waals surface area contributed by atoms with Crippen LogP contribution in [0.2, 0.25) is 0 Å². The molecule has 26 heavy (non-hydrogen) atoms. The topological polar surface area (TPSA) is 90.0 Å². The molecule has 0 atom stereocenters. The molecule has 0 aliphatic carbocycles. The summed E-state index contributed by atoms with van der Waals surface area (Å²) in [5.41, 5.74) is 8.30. The van der Waals surface area contributed by atoms with E-state index in [0.717, 1.165) is 11.1 Å². The van der Waals surface area contributed by atoms with Gasteiger partial charge in [0.1, 0.15) is 4.83 Å². The van der Waals surface area contributed by atoms with E-state index in [1.165, 1.54) is 27.8 Å². The van der Waals surface area contributed by atoms with Crippen molar-refractivity contribution in [3.8, 4) is 11.1 Å². The summed E-state index contributed by atoms with van der Waals surface area (Å²) in [5.74, 6) is -0.124. The van der Waals surface area contributed by atoms with Crippen LogP contribution >= 0.6 is 23.7 Å². The number of rotatable bonds is 6. The van der Waals surface area contributed by atoms with Crippen LogP contribution < -0.4 is 16.6 Å². The van der Waals surface area contributed by atoms with E-state index in [1.807, 2.05) is 36.6 Å². The average molecular weight is 393 g/mol. The standard InChI is InChI=1S/C18H20N4O2S.ClH/c1-12-2-4-13(5-3-12)14-10-25-17-16(14)18(24)22(11-21-17)9-6-15(23)20-8-7-19;/h2-5,10-11H,6-9,19H2,1H3,(H,20,23);1H. The highest BCUT2D eigenvalue weighted by atomic mass is 35.5. The molecule has 1 amide bonds. The maximum Gasteiger partial charge on any atom is 0.262 e. The number of fused-ring (bicyclic) bond motifs is 1. The number of benzene rings is 1. The van der Waals surface area contributed by atoms with Gasteiger partial charge in [-0.25, -0.2) is 4.98 Å². The average Bonchev–Trinajstić information content (AvgIpc) is 3.05. The van der Waals surface area contributed by atoms with E-state index >= 15 is 0 Å². The van der Waals surface area contributed by atoms with E-state index in [9.17, 15) is 9.59 Å². The first-order valence-corrected chi connectivity index (χ1v) is 8.98. The fourth-order valence-electron chi connectivity index (χ4n) is 2.59. The van der Waals surface area contributed by atoms with Gasteiger partial charge in [-0.1, -0.05) is 29.8 Å². The first-order valence-electron chi connectivity index (χ1n) is 8.10. The predicted octanol–water partition coefficient (Wildman–Crippen LogP) is 2.32. The summed E-state index contributed by atoms with van der Waals surface area (Å²) in [6, 6.07) is 8.06. The van der Waals surface area contributed by atoms with Crippen LogP contribution in [0.5, 0.6) is 0 Å². The first-order chi connectivity index (χ1) is 12.1. The highest BCUT2D eigenvalue weighted by Crippen LogP contribution is 2.30. The van der Waals surface area contributed by atoms with Crippen molar-refractivity contribution in [2.24, 2.45) is 5.73 Å². The highest BCUT2D eigenvalue weighted by Gasteiger charge is 2.13.